The second-order valence-electron chi connectivity index (χ2n) is 11.9. The molecule has 0 spiro atoms. The Morgan fingerprint density at radius 3 is 2.37 bits per heavy atom. The van der Waals surface area contributed by atoms with E-state index < -0.39 is 17.9 Å². The molecule has 0 saturated heterocycles. The normalized spacial score (nSPS) is 14.3. The van der Waals surface area contributed by atoms with Gasteiger partial charge in [0, 0.05) is 29.2 Å². The van der Waals surface area contributed by atoms with Crippen LogP contribution in [0.4, 0.5) is 0 Å². The van der Waals surface area contributed by atoms with Crippen molar-refractivity contribution in [1.29, 1.82) is 0 Å². The third kappa shape index (κ3) is 5.91. The molecule has 2 heterocycles. The van der Waals surface area contributed by atoms with Crippen molar-refractivity contribution in [3.8, 4) is 28.4 Å². The first-order valence-electron chi connectivity index (χ1n) is 15.6. The molecule has 46 heavy (non-hydrogen) atoms. The monoisotopic (exact) mass is 611 g/mol. The average molecular weight is 612 g/mol. The lowest BCUT2D eigenvalue weighted by Gasteiger charge is -2.25. The zero-order valence-corrected chi connectivity index (χ0v) is 25.1. The van der Waals surface area contributed by atoms with E-state index in [1.54, 1.807) is 30.5 Å². The van der Waals surface area contributed by atoms with E-state index in [0.29, 0.717) is 16.6 Å². The van der Waals surface area contributed by atoms with Gasteiger partial charge in [0.2, 0.25) is 0 Å². The van der Waals surface area contributed by atoms with Crippen LogP contribution in [0.25, 0.3) is 44.7 Å². The number of hydrogen-bond acceptors (Lipinski definition) is 6. The summed E-state index contributed by atoms with van der Waals surface area (Å²) in [7, 11) is 0. The number of fused-ring (bicyclic) bond motifs is 2. The zero-order chi connectivity index (χ0) is 31.6. The van der Waals surface area contributed by atoms with Crippen LogP contribution in [0.5, 0.6) is 5.75 Å². The Morgan fingerprint density at radius 2 is 1.61 bits per heavy atom. The summed E-state index contributed by atoms with van der Waals surface area (Å²) in [5.41, 5.74) is 6.94. The molecule has 1 amide bonds. The number of aromatic nitrogens is 4. The van der Waals surface area contributed by atoms with Crippen molar-refractivity contribution in [1.82, 2.24) is 24.8 Å². The molecule has 1 fully saturated rings. The highest BCUT2D eigenvalue weighted by Crippen LogP contribution is 2.37. The standard InChI is InChI=1S/C37H33N5O4/c43-28-15-11-23(12-16-28)19-32(37(45)46)41-36(44)26-14-18-34-31(21-26)40-35(42(34)27-9-5-2-6-10-27)25-13-17-29-30(20-25)38-22-33(39-29)24-7-3-1-4-8-24/h1,3-4,7-8,11-18,20-22,27,32,43H,2,5-6,9-10,19H2,(H,41,44)(H,45,46). The van der Waals surface area contributed by atoms with Gasteiger partial charge in [-0.3, -0.25) is 9.78 Å². The Morgan fingerprint density at radius 1 is 0.826 bits per heavy atom. The number of carboxylic acids is 1. The Labute approximate surface area is 265 Å². The maximum absolute atomic E-state index is 13.3. The number of rotatable bonds is 8. The third-order valence-electron chi connectivity index (χ3n) is 8.74. The fraction of sp³-hybridized carbons (Fsp3) is 0.216. The highest BCUT2D eigenvalue weighted by Gasteiger charge is 2.25. The minimum absolute atomic E-state index is 0.0851. The second kappa shape index (κ2) is 12.4. The molecule has 1 unspecified atom stereocenters. The maximum Gasteiger partial charge on any atom is 0.326 e. The first-order chi connectivity index (χ1) is 22.4. The molecule has 1 aliphatic rings. The number of carbonyl (C=O) groups excluding carboxylic acids is 1. The maximum atomic E-state index is 13.3. The van der Waals surface area contributed by atoms with Crippen LogP contribution >= 0.6 is 0 Å². The highest BCUT2D eigenvalue weighted by molar-refractivity contribution is 5.99. The number of amides is 1. The summed E-state index contributed by atoms with van der Waals surface area (Å²) in [4.78, 5) is 40.0. The quantitative estimate of drug-likeness (QED) is 0.170. The van der Waals surface area contributed by atoms with Gasteiger partial charge in [-0.2, -0.15) is 0 Å². The molecule has 9 heteroatoms. The van der Waals surface area contributed by atoms with Crippen molar-refractivity contribution in [3.63, 3.8) is 0 Å². The summed E-state index contributed by atoms with van der Waals surface area (Å²) < 4.78 is 2.30. The molecule has 3 N–H and O–H groups in total. The fourth-order valence-electron chi connectivity index (χ4n) is 6.36. The lowest BCUT2D eigenvalue weighted by molar-refractivity contribution is -0.139. The van der Waals surface area contributed by atoms with E-state index >= 15 is 0 Å². The van der Waals surface area contributed by atoms with E-state index in [1.807, 2.05) is 54.6 Å². The molecule has 1 aliphatic carbocycles. The van der Waals surface area contributed by atoms with Gasteiger partial charge in [0.1, 0.15) is 17.6 Å². The fourth-order valence-corrected chi connectivity index (χ4v) is 6.36. The minimum Gasteiger partial charge on any atom is -0.508 e. The van der Waals surface area contributed by atoms with Crippen LogP contribution in [0.15, 0.2) is 97.2 Å². The van der Waals surface area contributed by atoms with E-state index in [2.05, 4.69) is 9.88 Å². The van der Waals surface area contributed by atoms with E-state index in [9.17, 15) is 19.8 Å². The number of hydrogen-bond donors (Lipinski definition) is 3. The van der Waals surface area contributed by atoms with Gasteiger partial charge in [0.05, 0.1) is 34.0 Å². The van der Waals surface area contributed by atoms with Gasteiger partial charge in [-0.1, -0.05) is 61.7 Å². The van der Waals surface area contributed by atoms with Crippen molar-refractivity contribution < 1.29 is 19.8 Å². The number of aliphatic carboxylic acids is 1. The molecule has 0 bridgehead atoms. The largest absolute Gasteiger partial charge is 0.508 e. The third-order valence-corrected chi connectivity index (χ3v) is 8.74. The summed E-state index contributed by atoms with van der Waals surface area (Å²) in [6.07, 6.45) is 7.48. The molecule has 230 valence electrons. The first-order valence-corrected chi connectivity index (χ1v) is 15.6. The van der Waals surface area contributed by atoms with Crippen molar-refractivity contribution in [2.24, 2.45) is 0 Å². The number of carboxylic acid groups (broad SMARTS) is 1. The molecular formula is C37H33N5O4. The van der Waals surface area contributed by atoms with Crippen LogP contribution in [0.3, 0.4) is 0 Å². The van der Waals surface area contributed by atoms with Gasteiger partial charge < -0.3 is 20.1 Å². The van der Waals surface area contributed by atoms with Gasteiger partial charge >= 0.3 is 5.97 Å². The molecular weight excluding hydrogens is 578 g/mol. The highest BCUT2D eigenvalue weighted by atomic mass is 16.4. The molecule has 4 aromatic carbocycles. The summed E-state index contributed by atoms with van der Waals surface area (Å²) in [5, 5.41) is 22.0. The Balaban J connectivity index is 1.22. The summed E-state index contributed by atoms with van der Waals surface area (Å²) in [6.45, 7) is 0. The second-order valence-corrected chi connectivity index (χ2v) is 11.9. The van der Waals surface area contributed by atoms with Crippen molar-refractivity contribution in [2.75, 3.05) is 0 Å². The minimum atomic E-state index is -1.14. The molecule has 7 rings (SSSR count). The van der Waals surface area contributed by atoms with Crippen molar-refractivity contribution in [2.45, 2.75) is 50.6 Å². The zero-order valence-electron chi connectivity index (χ0n) is 25.1. The Bertz CT molecular complexity index is 2050. The van der Waals surface area contributed by atoms with E-state index in [1.165, 1.54) is 18.6 Å². The van der Waals surface area contributed by atoms with E-state index in [0.717, 1.165) is 64.9 Å². The number of aromatic hydroxyl groups is 1. The van der Waals surface area contributed by atoms with Gasteiger partial charge in [-0.05, 0) is 66.9 Å². The number of phenols is 1. The smallest absolute Gasteiger partial charge is 0.326 e. The molecule has 9 nitrogen and oxygen atoms in total. The molecule has 0 radical (unpaired) electrons. The lowest BCUT2D eigenvalue weighted by atomic mass is 9.94. The van der Waals surface area contributed by atoms with Gasteiger partial charge in [-0.25, -0.2) is 14.8 Å². The Kier molecular flexibility index (Phi) is 7.88. The van der Waals surface area contributed by atoms with Crippen LogP contribution in [0.2, 0.25) is 0 Å². The number of nitrogens with one attached hydrogen (secondary N) is 1. The van der Waals surface area contributed by atoms with Crippen LogP contribution in [0.1, 0.15) is 54.1 Å². The number of imidazole rings is 1. The van der Waals surface area contributed by atoms with Crippen molar-refractivity contribution >= 4 is 33.9 Å². The SMILES string of the molecule is O=C(NC(Cc1ccc(O)cc1)C(=O)O)c1ccc2c(c1)nc(-c1ccc3nc(-c4ccccc4)cnc3c1)n2C1CCCCC1. The molecule has 1 saturated carbocycles. The lowest BCUT2D eigenvalue weighted by Crippen LogP contribution is -2.42. The van der Waals surface area contributed by atoms with E-state index in [4.69, 9.17) is 15.0 Å². The molecule has 0 aliphatic heterocycles. The number of benzene rings is 4. The number of nitrogens with zero attached hydrogens (tertiary/aromatic N) is 4. The topological polar surface area (TPSA) is 130 Å². The van der Waals surface area contributed by atoms with Gasteiger partial charge in [-0.15, -0.1) is 0 Å². The summed E-state index contributed by atoms with van der Waals surface area (Å²) in [6, 6.07) is 26.8. The van der Waals surface area contributed by atoms with Crippen LogP contribution < -0.4 is 5.32 Å². The van der Waals surface area contributed by atoms with Gasteiger partial charge in [0.15, 0.2) is 0 Å². The molecule has 6 aromatic rings. The average Bonchev–Trinajstić information content (AvgIpc) is 3.48. The van der Waals surface area contributed by atoms with Crippen molar-refractivity contribution in [3.05, 3.63) is 108 Å². The number of carbonyl (C=O) groups is 2. The number of phenolic OH excluding ortho intramolecular Hbond substituents is 1. The Hall–Kier alpha value is -5.57. The van der Waals surface area contributed by atoms with E-state index in [-0.39, 0.29) is 18.2 Å². The molecule has 2 aromatic heterocycles. The first kappa shape index (κ1) is 29.2. The summed E-state index contributed by atoms with van der Waals surface area (Å²) in [5.74, 6) is -0.724. The van der Waals surface area contributed by atoms with Crippen LogP contribution in [0, 0.1) is 0 Å². The van der Waals surface area contributed by atoms with Crippen LogP contribution in [-0.4, -0.2) is 47.7 Å². The molecule has 1 atom stereocenters. The van der Waals surface area contributed by atoms with Gasteiger partial charge in [0.25, 0.3) is 5.91 Å². The van der Waals surface area contributed by atoms with Crippen LogP contribution in [-0.2, 0) is 11.2 Å². The predicted octanol–water partition coefficient (Wildman–Crippen LogP) is 6.95. The predicted molar refractivity (Wildman–Crippen MR) is 177 cm³/mol. The summed E-state index contributed by atoms with van der Waals surface area (Å²) >= 11 is 0.